The van der Waals surface area contributed by atoms with Gasteiger partial charge in [-0.1, -0.05) is 29.6 Å². The third kappa shape index (κ3) is 5.81. The Bertz CT molecular complexity index is 944. The summed E-state index contributed by atoms with van der Waals surface area (Å²) in [4.78, 5) is -0.262. The van der Waals surface area contributed by atoms with E-state index in [-0.39, 0.29) is 4.90 Å². The molecule has 0 aliphatic heterocycles. The number of benzene rings is 1. The first-order chi connectivity index (χ1) is 15.1. The Balaban J connectivity index is 1.29. The van der Waals surface area contributed by atoms with Crippen LogP contribution in [0, 0.1) is 51.9 Å². The molecule has 3 aliphatic carbocycles. The molecule has 3 aliphatic rings. The monoisotopic (exact) mass is 437 g/mol. The second kappa shape index (κ2) is 10.5. The van der Waals surface area contributed by atoms with Crippen molar-refractivity contribution in [2.75, 3.05) is 0 Å². The van der Waals surface area contributed by atoms with Crippen molar-refractivity contribution >= 4 is 11.8 Å². The molecular formula is C27H29F2NS. The first-order valence-corrected chi connectivity index (χ1v) is 12.4. The van der Waals surface area contributed by atoms with Gasteiger partial charge in [0, 0.05) is 5.56 Å². The maximum Gasteiger partial charge on any atom is 0.142 e. The number of hydrogen-bond donors (Lipinski definition) is 0. The van der Waals surface area contributed by atoms with Crippen molar-refractivity contribution < 1.29 is 8.78 Å². The molecule has 1 fully saturated rings. The number of thiocyanates is 1. The molecule has 0 N–H and O–H groups in total. The smallest absolute Gasteiger partial charge is 0.142 e. The van der Waals surface area contributed by atoms with Gasteiger partial charge < -0.3 is 0 Å². The van der Waals surface area contributed by atoms with Crippen molar-refractivity contribution in [2.24, 2.45) is 17.8 Å². The fourth-order valence-electron chi connectivity index (χ4n) is 5.48. The summed E-state index contributed by atoms with van der Waals surface area (Å²) >= 11 is 0.498. The van der Waals surface area contributed by atoms with Crippen molar-refractivity contribution in [3.05, 3.63) is 52.6 Å². The largest absolute Gasteiger partial charge is 0.206 e. The molecule has 1 aromatic rings. The van der Waals surface area contributed by atoms with Crippen molar-refractivity contribution in [3.63, 3.8) is 0 Å². The van der Waals surface area contributed by atoms with Gasteiger partial charge in [0.05, 0.1) is 4.90 Å². The minimum atomic E-state index is -0.728. The molecule has 0 amide bonds. The topological polar surface area (TPSA) is 23.8 Å². The molecule has 1 nitrogen and oxygen atoms in total. The van der Waals surface area contributed by atoms with Gasteiger partial charge >= 0.3 is 0 Å². The highest BCUT2D eigenvalue weighted by atomic mass is 32.2. The highest BCUT2D eigenvalue weighted by Crippen LogP contribution is 2.41. The van der Waals surface area contributed by atoms with Crippen LogP contribution in [0.1, 0.15) is 76.2 Å². The average molecular weight is 438 g/mol. The molecule has 1 aromatic carbocycles. The van der Waals surface area contributed by atoms with E-state index < -0.39 is 11.6 Å². The maximum atomic E-state index is 14.0. The lowest BCUT2D eigenvalue weighted by Gasteiger charge is -2.35. The quantitative estimate of drug-likeness (QED) is 0.207. The van der Waals surface area contributed by atoms with E-state index >= 15 is 0 Å². The van der Waals surface area contributed by atoms with Gasteiger partial charge in [0.2, 0.25) is 0 Å². The highest BCUT2D eigenvalue weighted by Gasteiger charge is 2.29. The Morgan fingerprint density at radius 3 is 2.32 bits per heavy atom. The van der Waals surface area contributed by atoms with Gasteiger partial charge in [0.1, 0.15) is 17.0 Å². The van der Waals surface area contributed by atoms with Gasteiger partial charge in [-0.3, -0.25) is 0 Å². The molecule has 4 rings (SSSR count). The molecule has 162 valence electrons. The van der Waals surface area contributed by atoms with E-state index in [1.807, 2.05) is 0 Å². The molecule has 0 spiro atoms. The molecule has 0 radical (unpaired) electrons. The number of thioether (sulfide) groups is 1. The third-order valence-corrected chi connectivity index (χ3v) is 7.89. The van der Waals surface area contributed by atoms with E-state index in [1.54, 1.807) is 11.0 Å². The normalized spacial score (nSPS) is 25.8. The SMILES string of the molecule is N#CSc1c(F)cc(C#CC2=CCC(C3CCC(CC4=CCCC4)CC3)CC2)cc1F. The fourth-order valence-corrected chi connectivity index (χ4v) is 5.89. The number of rotatable bonds is 4. The Labute approximate surface area is 189 Å². The van der Waals surface area contributed by atoms with Gasteiger partial charge in [0.15, 0.2) is 0 Å². The minimum Gasteiger partial charge on any atom is -0.206 e. The summed E-state index contributed by atoms with van der Waals surface area (Å²) < 4.78 is 27.9. The molecular weight excluding hydrogens is 408 g/mol. The van der Waals surface area contributed by atoms with Crippen LogP contribution in [-0.4, -0.2) is 0 Å². The molecule has 1 atom stereocenters. The lowest BCUT2D eigenvalue weighted by atomic mass is 9.70. The fraction of sp³-hybridized carbons (Fsp3) is 0.519. The summed E-state index contributed by atoms with van der Waals surface area (Å²) in [6, 6.07) is 2.42. The minimum absolute atomic E-state index is 0.262. The van der Waals surface area contributed by atoms with Crippen LogP contribution in [0.5, 0.6) is 0 Å². The van der Waals surface area contributed by atoms with Crippen molar-refractivity contribution in [2.45, 2.75) is 75.5 Å². The van der Waals surface area contributed by atoms with Gasteiger partial charge in [-0.25, -0.2) is 8.78 Å². The van der Waals surface area contributed by atoms with Crippen LogP contribution < -0.4 is 0 Å². The molecule has 4 heteroatoms. The van der Waals surface area contributed by atoms with Gasteiger partial charge in [-0.2, -0.15) is 5.26 Å². The van der Waals surface area contributed by atoms with E-state index in [4.69, 9.17) is 5.26 Å². The predicted molar refractivity (Wildman–Crippen MR) is 122 cm³/mol. The summed E-state index contributed by atoms with van der Waals surface area (Å²) in [7, 11) is 0. The van der Waals surface area contributed by atoms with E-state index in [0.717, 1.165) is 36.2 Å². The van der Waals surface area contributed by atoms with Gasteiger partial charge in [-0.05, 0) is 118 Å². The number of hydrogen-bond acceptors (Lipinski definition) is 2. The molecule has 0 saturated heterocycles. The third-order valence-electron chi connectivity index (χ3n) is 7.21. The second-order valence-corrected chi connectivity index (χ2v) is 10.0. The molecule has 1 saturated carbocycles. The first kappa shape index (κ1) is 22.2. The first-order valence-electron chi connectivity index (χ1n) is 11.6. The van der Waals surface area contributed by atoms with Crippen LogP contribution in [-0.2, 0) is 0 Å². The Hall–Kier alpha value is -2.04. The molecule has 0 bridgehead atoms. The van der Waals surface area contributed by atoms with Gasteiger partial charge in [-0.15, -0.1) is 0 Å². The standard InChI is InChI=1S/C27H29F2NS/c28-25-16-22(17-26(29)27(25)31-18-30)6-5-19-7-11-23(12-8-19)24-13-9-21(10-14-24)15-20-3-1-2-4-20/h3,7,16-17,21,23-24H,1-2,4,8-15H2. The molecule has 1 unspecified atom stereocenters. The second-order valence-electron chi connectivity index (χ2n) is 9.22. The van der Waals surface area contributed by atoms with Crippen LogP contribution in [0.15, 0.2) is 40.3 Å². The maximum absolute atomic E-state index is 14.0. The van der Waals surface area contributed by atoms with Crippen LogP contribution in [0.4, 0.5) is 8.78 Å². The van der Waals surface area contributed by atoms with E-state index in [0.29, 0.717) is 17.3 Å². The van der Waals surface area contributed by atoms with Crippen molar-refractivity contribution in [1.82, 2.24) is 0 Å². The lowest BCUT2D eigenvalue weighted by Crippen LogP contribution is -2.23. The Morgan fingerprint density at radius 1 is 0.935 bits per heavy atom. The van der Waals surface area contributed by atoms with Crippen molar-refractivity contribution in [3.8, 4) is 17.2 Å². The molecule has 0 heterocycles. The summed E-state index contributed by atoms with van der Waals surface area (Å²) in [5.74, 6) is 7.06. The zero-order valence-electron chi connectivity index (χ0n) is 17.9. The Kier molecular flexibility index (Phi) is 7.52. The van der Waals surface area contributed by atoms with Crippen molar-refractivity contribution in [1.29, 1.82) is 5.26 Å². The molecule has 31 heavy (non-hydrogen) atoms. The van der Waals surface area contributed by atoms with Crippen LogP contribution >= 0.6 is 11.8 Å². The van der Waals surface area contributed by atoms with Crippen LogP contribution in [0.2, 0.25) is 0 Å². The average Bonchev–Trinajstić information content (AvgIpc) is 3.29. The Morgan fingerprint density at radius 2 is 1.71 bits per heavy atom. The van der Waals surface area contributed by atoms with Crippen LogP contribution in [0.3, 0.4) is 0 Å². The van der Waals surface area contributed by atoms with E-state index in [1.165, 1.54) is 69.9 Å². The predicted octanol–water partition coefficient (Wildman–Crippen LogP) is 7.92. The summed E-state index contributed by atoms with van der Waals surface area (Å²) in [6.45, 7) is 0. The number of nitriles is 1. The lowest BCUT2D eigenvalue weighted by molar-refractivity contribution is 0.192. The number of nitrogens with zero attached hydrogens (tertiary/aromatic N) is 1. The number of allylic oxidation sites excluding steroid dienone is 4. The molecule has 0 aromatic heterocycles. The zero-order chi connectivity index (χ0) is 21.6. The van der Waals surface area contributed by atoms with Crippen LogP contribution in [0.25, 0.3) is 0 Å². The highest BCUT2D eigenvalue weighted by molar-refractivity contribution is 8.03. The van der Waals surface area contributed by atoms with Gasteiger partial charge in [0.25, 0.3) is 0 Å². The number of halogens is 2. The summed E-state index contributed by atoms with van der Waals surface area (Å²) in [6.07, 6.45) is 18.7. The van der Waals surface area contributed by atoms with E-state index in [9.17, 15) is 8.78 Å². The van der Waals surface area contributed by atoms with E-state index in [2.05, 4.69) is 24.0 Å². The summed E-state index contributed by atoms with van der Waals surface area (Å²) in [5.41, 5.74) is 3.11. The zero-order valence-corrected chi connectivity index (χ0v) is 18.7. The summed E-state index contributed by atoms with van der Waals surface area (Å²) in [5, 5.41) is 10.3.